The topological polar surface area (TPSA) is 59.1 Å². The lowest BCUT2D eigenvalue weighted by Crippen LogP contribution is -2.44. The third kappa shape index (κ3) is 3.78. The smallest absolute Gasteiger partial charge is 0.206 e. The zero-order valence-electron chi connectivity index (χ0n) is 16.5. The SMILES string of the molecule is N[C@H](c1cc(Cl)cc2c1nc(N1CCNCC1)n2Cc1ccc(F)c(Cl)c1)C1CC1. The largest absolute Gasteiger partial charge is 0.340 e. The third-order valence-electron chi connectivity index (χ3n) is 6.04. The first-order valence-corrected chi connectivity index (χ1v) is 11.1. The normalized spacial score (nSPS) is 18.2. The van der Waals surface area contributed by atoms with Gasteiger partial charge in [-0.1, -0.05) is 29.3 Å². The van der Waals surface area contributed by atoms with Gasteiger partial charge in [0.2, 0.25) is 5.95 Å². The maximum absolute atomic E-state index is 13.7. The van der Waals surface area contributed by atoms with Gasteiger partial charge in [0.05, 0.1) is 22.6 Å². The molecule has 0 amide bonds. The molecule has 1 aliphatic carbocycles. The molecule has 0 spiro atoms. The summed E-state index contributed by atoms with van der Waals surface area (Å²) in [6, 6.07) is 8.68. The van der Waals surface area contributed by atoms with Gasteiger partial charge in [-0.25, -0.2) is 9.37 Å². The average molecular weight is 448 g/mol. The molecule has 2 aliphatic rings. The predicted octanol–water partition coefficient (Wildman–Crippen LogP) is 4.35. The highest BCUT2D eigenvalue weighted by Crippen LogP contribution is 2.42. The summed E-state index contributed by atoms with van der Waals surface area (Å²) in [6.07, 6.45) is 2.29. The Kier molecular flexibility index (Phi) is 5.35. The Morgan fingerprint density at radius 2 is 1.93 bits per heavy atom. The number of aromatic nitrogens is 2. The molecule has 5 nitrogen and oxygen atoms in total. The molecule has 0 radical (unpaired) electrons. The second kappa shape index (κ2) is 8.00. The minimum absolute atomic E-state index is 0.0642. The van der Waals surface area contributed by atoms with E-state index in [9.17, 15) is 4.39 Å². The molecule has 1 saturated heterocycles. The molecule has 1 saturated carbocycles. The van der Waals surface area contributed by atoms with E-state index in [1.165, 1.54) is 6.07 Å². The summed E-state index contributed by atoms with van der Waals surface area (Å²) in [5.74, 6) is 0.966. The molecule has 2 heterocycles. The number of rotatable bonds is 5. The highest BCUT2D eigenvalue weighted by molar-refractivity contribution is 6.31. The first-order chi connectivity index (χ1) is 14.5. The van der Waals surface area contributed by atoms with Gasteiger partial charge >= 0.3 is 0 Å². The van der Waals surface area contributed by atoms with E-state index in [-0.39, 0.29) is 11.1 Å². The number of anilines is 1. The van der Waals surface area contributed by atoms with Crippen molar-refractivity contribution in [3.8, 4) is 0 Å². The maximum atomic E-state index is 13.7. The van der Waals surface area contributed by atoms with Gasteiger partial charge in [-0.3, -0.25) is 0 Å². The lowest BCUT2D eigenvalue weighted by atomic mass is 10.0. The molecule has 1 aromatic heterocycles. The lowest BCUT2D eigenvalue weighted by Gasteiger charge is -2.29. The Hall–Kier alpha value is -1.86. The molecule has 0 unspecified atom stereocenters. The van der Waals surface area contributed by atoms with Crippen molar-refractivity contribution in [3.63, 3.8) is 0 Å². The molecule has 2 fully saturated rings. The van der Waals surface area contributed by atoms with Crippen molar-refractivity contribution in [3.05, 3.63) is 57.3 Å². The second-order valence-corrected chi connectivity index (χ2v) is 9.05. The monoisotopic (exact) mass is 447 g/mol. The average Bonchev–Trinajstić information content (AvgIpc) is 3.54. The van der Waals surface area contributed by atoms with Crippen molar-refractivity contribution in [1.29, 1.82) is 0 Å². The number of halogens is 3. The van der Waals surface area contributed by atoms with Crippen LogP contribution in [0.2, 0.25) is 10.0 Å². The first kappa shape index (κ1) is 20.1. The molecule has 8 heteroatoms. The first-order valence-electron chi connectivity index (χ1n) is 10.4. The van der Waals surface area contributed by atoms with Gasteiger partial charge in [-0.05, 0) is 54.2 Å². The van der Waals surface area contributed by atoms with Gasteiger partial charge in [-0.15, -0.1) is 0 Å². The summed E-state index contributed by atoms with van der Waals surface area (Å²) in [5.41, 5.74) is 10.3. The van der Waals surface area contributed by atoms with Crippen LogP contribution in [0, 0.1) is 11.7 Å². The van der Waals surface area contributed by atoms with Crippen LogP contribution in [0.15, 0.2) is 30.3 Å². The van der Waals surface area contributed by atoms with Crippen molar-refractivity contribution in [2.24, 2.45) is 11.7 Å². The maximum Gasteiger partial charge on any atom is 0.206 e. The van der Waals surface area contributed by atoms with E-state index in [1.54, 1.807) is 12.1 Å². The molecule has 1 atom stereocenters. The van der Waals surface area contributed by atoms with Crippen molar-refractivity contribution in [2.45, 2.75) is 25.4 Å². The summed E-state index contributed by atoms with van der Waals surface area (Å²) < 4.78 is 15.8. The number of benzene rings is 2. The van der Waals surface area contributed by atoms with E-state index in [0.29, 0.717) is 17.5 Å². The molecule has 30 heavy (non-hydrogen) atoms. The number of hydrogen-bond donors (Lipinski definition) is 2. The number of imidazole rings is 1. The van der Waals surface area contributed by atoms with E-state index in [4.69, 9.17) is 33.9 Å². The van der Waals surface area contributed by atoms with Crippen molar-refractivity contribution in [2.75, 3.05) is 31.1 Å². The molecule has 0 bridgehead atoms. The van der Waals surface area contributed by atoms with Gasteiger partial charge < -0.3 is 20.5 Å². The summed E-state index contributed by atoms with van der Waals surface area (Å²) in [6.45, 7) is 4.06. The fraction of sp³-hybridized carbons (Fsp3) is 0.409. The Balaban J connectivity index is 1.66. The molecule has 1 aliphatic heterocycles. The number of piperazine rings is 1. The van der Waals surface area contributed by atoms with Crippen LogP contribution in [-0.2, 0) is 6.54 Å². The van der Waals surface area contributed by atoms with Crippen molar-refractivity contribution < 1.29 is 4.39 Å². The van der Waals surface area contributed by atoms with Gasteiger partial charge in [-0.2, -0.15) is 0 Å². The minimum Gasteiger partial charge on any atom is -0.340 e. The summed E-state index contributed by atoms with van der Waals surface area (Å²) in [4.78, 5) is 7.34. The molecular weight excluding hydrogens is 424 g/mol. The summed E-state index contributed by atoms with van der Waals surface area (Å²) in [5, 5.41) is 4.16. The highest BCUT2D eigenvalue weighted by atomic mass is 35.5. The van der Waals surface area contributed by atoms with Crippen LogP contribution in [0.4, 0.5) is 10.3 Å². The fourth-order valence-corrected chi connectivity index (χ4v) is 4.67. The number of nitrogens with zero attached hydrogens (tertiary/aromatic N) is 3. The molecule has 2 aromatic carbocycles. The Bertz CT molecular complexity index is 1090. The van der Waals surface area contributed by atoms with E-state index < -0.39 is 5.82 Å². The molecule has 3 N–H and O–H groups in total. The second-order valence-electron chi connectivity index (χ2n) is 8.21. The Labute approximate surface area is 185 Å². The minimum atomic E-state index is -0.418. The van der Waals surface area contributed by atoms with Crippen molar-refractivity contribution in [1.82, 2.24) is 14.9 Å². The number of nitrogens with one attached hydrogen (secondary N) is 1. The predicted molar refractivity (Wildman–Crippen MR) is 120 cm³/mol. The molecular formula is C22H24Cl2FN5. The van der Waals surface area contributed by atoms with Gasteiger partial charge in [0.15, 0.2) is 0 Å². The summed E-state index contributed by atoms with van der Waals surface area (Å²) >= 11 is 12.6. The van der Waals surface area contributed by atoms with E-state index in [2.05, 4.69) is 14.8 Å². The van der Waals surface area contributed by atoms with Gasteiger partial charge in [0, 0.05) is 37.2 Å². The third-order valence-corrected chi connectivity index (χ3v) is 6.55. The van der Waals surface area contributed by atoms with Gasteiger partial charge in [0.25, 0.3) is 0 Å². The summed E-state index contributed by atoms with van der Waals surface area (Å²) in [7, 11) is 0. The quantitative estimate of drug-likeness (QED) is 0.610. The Morgan fingerprint density at radius 3 is 2.63 bits per heavy atom. The molecule has 5 rings (SSSR count). The van der Waals surface area contributed by atoms with E-state index >= 15 is 0 Å². The van der Waals surface area contributed by atoms with Gasteiger partial charge in [0.1, 0.15) is 5.82 Å². The standard InChI is InChI=1S/C22H24Cl2FN5/c23-15-10-16(20(26)14-2-3-14)21-19(11-15)30(12-13-1-4-18(25)17(24)9-13)22(28-21)29-7-5-27-6-8-29/h1,4,9-11,14,20,27H,2-3,5-8,12,26H2/t20-/m0/s1. The van der Waals surface area contributed by atoms with E-state index in [0.717, 1.165) is 67.1 Å². The Morgan fingerprint density at radius 1 is 1.17 bits per heavy atom. The van der Waals surface area contributed by atoms with Crippen LogP contribution in [-0.4, -0.2) is 35.7 Å². The highest BCUT2D eigenvalue weighted by Gasteiger charge is 2.32. The lowest BCUT2D eigenvalue weighted by molar-refractivity contribution is 0.571. The van der Waals surface area contributed by atoms with Crippen LogP contribution >= 0.6 is 23.2 Å². The van der Waals surface area contributed by atoms with Crippen LogP contribution in [0.5, 0.6) is 0 Å². The van der Waals surface area contributed by atoms with E-state index in [1.807, 2.05) is 12.1 Å². The van der Waals surface area contributed by atoms with Crippen LogP contribution in [0.25, 0.3) is 11.0 Å². The molecule has 158 valence electrons. The number of nitrogens with two attached hydrogens (primary N) is 1. The fourth-order valence-electron chi connectivity index (χ4n) is 4.25. The zero-order valence-corrected chi connectivity index (χ0v) is 18.1. The van der Waals surface area contributed by atoms with Crippen LogP contribution < -0.4 is 16.0 Å². The molecule has 3 aromatic rings. The van der Waals surface area contributed by atoms with Crippen molar-refractivity contribution >= 4 is 40.2 Å². The zero-order chi connectivity index (χ0) is 20.8. The number of hydrogen-bond acceptors (Lipinski definition) is 4. The number of fused-ring (bicyclic) bond motifs is 1. The van der Waals surface area contributed by atoms with Crippen LogP contribution in [0.3, 0.4) is 0 Å². The van der Waals surface area contributed by atoms with Crippen LogP contribution in [0.1, 0.15) is 30.0 Å².